The van der Waals surface area contributed by atoms with Crippen LogP contribution in [0.5, 0.6) is 11.5 Å². The standard InChI is InChI=1S/C26H19Cl3N2O5/c1-2-35-22-13-15(12-20(29)23(22)36-14-16-7-3-4-8-18(16)27)11-17-24(32)30-26(34)31(25(17)33)21-10-6-5-9-19(21)28/h3-13H,2,14H2,1H3,(H,30,32,34)/b17-11+. The van der Waals surface area contributed by atoms with Crippen LogP contribution in [0.1, 0.15) is 18.1 Å². The lowest BCUT2D eigenvalue weighted by Crippen LogP contribution is -2.54. The number of ether oxygens (including phenoxy) is 2. The lowest BCUT2D eigenvalue weighted by molar-refractivity contribution is -0.122. The van der Waals surface area contributed by atoms with Gasteiger partial charge in [-0.3, -0.25) is 14.9 Å². The molecular formula is C26H19Cl3N2O5. The Morgan fingerprint density at radius 2 is 1.58 bits per heavy atom. The van der Waals surface area contributed by atoms with E-state index in [0.29, 0.717) is 22.9 Å². The first-order chi connectivity index (χ1) is 17.3. The third-order valence-corrected chi connectivity index (χ3v) is 6.14. The zero-order chi connectivity index (χ0) is 25.8. The first-order valence-electron chi connectivity index (χ1n) is 10.8. The van der Waals surface area contributed by atoms with E-state index in [1.165, 1.54) is 24.3 Å². The average molecular weight is 546 g/mol. The maximum atomic E-state index is 13.2. The zero-order valence-corrected chi connectivity index (χ0v) is 21.2. The van der Waals surface area contributed by atoms with Crippen LogP contribution >= 0.6 is 34.8 Å². The summed E-state index contributed by atoms with van der Waals surface area (Å²) in [6.45, 7) is 2.25. The number of hydrogen-bond acceptors (Lipinski definition) is 5. The topological polar surface area (TPSA) is 84.9 Å². The van der Waals surface area contributed by atoms with Crippen molar-refractivity contribution < 1.29 is 23.9 Å². The predicted octanol–water partition coefficient (Wildman–Crippen LogP) is 6.29. The summed E-state index contributed by atoms with van der Waals surface area (Å²) in [5, 5.41) is 3.09. The third kappa shape index (κ3) is 5.33. The Morgan fingerprint density at radius 3 is 2.28 bits per heavy atom. The van der Waals surface area contributed by atoms with Crippen LogP contribution < -0.4 is 19.7 Å². The Bertz CT molecular complexity index is 1390. The van der Waals surface area contributed by atoms with Gasteiger partial charge in [-0.25, -0.2) is 9.69 Å². The van der Waals surface area contributed by atoms with Gasteiger partial charge in [0.1, 0.15) is 12.2 Å². The number of imide groups is 2. The van der Waals surface area contributed by atoms with Crippen LogP contribution in [0.25, 0.3) is 6.08 Å². The number of urea groups is 1. The third-order valence-electron chi connectivity index (χ3n) is 5.17. The van der Waals surface area contributed by atoms with Crippen LogP contribution in [0.3, 0.4) is 0 Å². The molecular weight excluding hydrogens is 527 g/mol. The molecule has 1 aliphatic rings. The molecule has 10 heteroatoms. The normalized spacial score (nSPS) is 14.7. The quantitative estimate of drug-likeness (QED) is 0.279. The lowest BCUT2D eigenvalue weighted by Gasteiger charge is -2.27. The number of para-hydroxylation sites is 1. The fourth-order valence-electron chi connectivity index (χ4n) is 3.52. The number of carbonyl (C=O) groups is 3. The van der Waals surface area contributed by atoms with Gasteiger partial charge in [-0.2, -0.15) is 0 Å². The number of carbonyl (C=O) groups excluding carboxylic acids is 3. The Hall–Kier alpha value is -3.52. The summed E-state index contributed by atoms with van der Waals surface area (Å²) >= 11 is 18.9. The predicted molar refractivity (Wildman–Crippen MR) is 139 cm³/mol. The van der Waals surface area contributed by atoms with Crippen molar-refractivity contribution in [1.29, 1.82) is 0 Å². The number of halogens is 3. The van der Waals surface area contributed by atoms with Gasteiger partial charge in [-0.1, -0.05) is 65.1 Å². The van der Waals surface area contributed by atoms with Crippen molar-refractivity contribution in [1.82, 2.24) is 5.32 Å². The van der Waals surface area contributed by atoms with E-state index in [2.05, 4.69) is 5.32 Å². The van der Waals surface area contributed by atoms with E-state index < -0.39 is 17.8 Å². The van der Waals surface area contributed by atoms with E-state index in [9.17, 15) is 14.4 Å². The summed E-state index contributed by atoms with van der Waals surface area (Å²) in [7, 11) is 0. The summed E-state index contributed by atoms with van der Waals surface area (Å²) < 4.78 is 11.6. The Balaban J connectivity index is 1.68. The molecule has 1 saturated heterocycles. The zero-order valence-electron chi connectivity index (χ0n) is 18.9. The smallest absolute Gasteiger partial charge is 0.335 e. The fourth-order valence-corrected chi connectivity index (χ4v) is 4.20. The van der Waals surface area contributed by atoms with E-state index in [0.717, 1.165) is 10.5 Å². The van der Waals surface area contributed by atoms with Gasteiger partial charge >= 0.3 is 6.03 Å². The maximum absolute atomic E-state index is 13.2. The Labute approximate surface area is 222 Å². The molecule has 0 spiro atoms. The molecule has 0 radical (unpaired) electrons. The molecule has 1 fully saturated rings. The van der Waals surface area contributed by atoms with E-state index in [1.54, 1.807) is 31.2 Å². The molecule has 3 aromatic carbocycles. The molecule has 0 aromatic heterocycles. The molecule has 184 valence electrons. The first kappa shape index (κ1) is 25.6. The van der Waals surface area contributed by atoms with E-state index in [4.69, 9.17) is 44.3 Å². The highest BCUT2D eigenvalue weighted by Crippen LogP contribution is 2.38. The second-order valence-electron chi connectivity index (χ2n) is 7.55. The van der Waals surface area contributed by atoms with Gasteiger partial charge in [-0.05, 0) is 48.9 Å². The van der Waals surface area contributed by atoms with Crippen molar-refractivity contribution in [3.05, 3.63) is 92.4 Å². The van der Waals surface area contributed by atoms with Crippen LogP contribution in [0.15, 0.2) is 66.2 Å². The molecule has 1 N–H and O–H groups in total. The summed E-state index contributed by atoms with van der Waals surface area (Å²) in [5.41, 5.74) is 1.02. The number of nitrogens with zero attached hydrogens (tertiary/aromatic N) is 1. The minimum absolute atomic E-state index is 0.149. The summed E-state index contributed by atoms with van der Waals surface area (Å²) in [4.78, 5) is 39.0. The number of anilines is 1. The van der Waals surface area contributed by atoms with Gasteiger partial charge in [0, 0.05) is 10.6 Å². The number of nitrogens with one attached hydrogen (secondary N) is 1. The molecule has 0 bridgehead atoms. The minimum Gasteiger partial charge on any atom is -0.490 e. The van der Waals surface area contributed by atoms with Gasteiger partial charge in [0.25, 0.3) is 11.8 Å². The summed E-state index contributed by atoms with van der Waals surface area (Å²) in [6.07, 6.45) is 1.32. The number of amides is 4. The Morgan fingerprint density at radius 1 is 0.889 bits per heavy atom. The molecule has 0 atom stereocenters. The molecule has 3 aromatic rings. The number of rotatable bonds is 7. The average Bonchev–Trinajstić information content (AvgIpc) is 2.83. The van der Waals surface area contributed by atoms with Gasteiger partial charge in [0.05, 0.1) is 22.3 Å². The molecule has 0 unspecified atom stereocenters. The molecule has 1 heterocycles. The Kier molecular flexibility index (Phi) is 7.84. The molecule has 36 heavy (non-hydrogen) atoms. The molecule has 0 saturated carbocycles. The SMILES string of the molecule is CCOc1cc(/C=C2\C(=O)NC(=O)N(c3ccccc3Cl)C2=O)cc(Cl)c1OCc1ccccc1Cl. The highest BCUT2D eigenvalue weighted by Gasteiger charge is 2.37. The molecule has 1 aliphatic heterocycles. The highest BCUT2D eigenvalue weighted by atomic mass is 35.5. The van der Waals surface area contributed by atoms with Gasteiger partial charge < -0.3 is 9.47 Å². The van der Waals surface area contributed by atoms with Crippen LogP contribution in [-0.4, -0.2) is 24.5 Å². The largest absolute Gasteiger partial charge is 0.490 e. The highest BCUT2D eigenvalue weighted by molar-refractivity contribution is 6.42. The van der Waals surface area contributed by atoms with Crippen LogP contribution in [0.2, 0.25) is 15.1 Å². The minimum atomic E-state index is -0.897. The van der Waals surface area contributed by atoms with Crippen LogP contribution in [-0.2, 0) is 16.2 Å². The number of barbiturate groups is 1. The lowest BCUT2D eigenvalue weighted by atomic mass is 10.1. The second kappa shape index (κ2) is 11.0. The molecule has 4 rings (SSSR count). The van der Waals surface area contributed by atoms with Crippen molar-refractivity contribution in [2.45, 2.75) is 13.5 Å². The molecule has 7 nitrogen and oxygen atoms in total. The van der Waals surface area contributed by atoms with Crippen molar-refractivity contribution in [3.8, 4) is 11.5 Å². The molecule has 4 amide bonds. The van der Waals surface area contributed by atoms with Gasteiger partial charge in [0.15, 0.2) is 11.5 Å². The summed E-state index contributed by atoms with van der Waals surface area (Å²) in [5.74, 6) is -1.08. The van der Waals surface area contributed by atoms with Crippen molar-refractivity contribution in [2.24, 2.45) is 0 Å². The number of hydrogen-bond donors (Lipinski definition) is 1. The van der Waals surface area contributed by atoms with Crippen LogP contribution in [0, 0.1) is 0 Å². The van der Waals surface area contributed by atoms with E-state index >= 15 is 0 Å². The van der Waals surface area contributed by atoms with Crippen molar-refractivity contribution in [3.63, 3.8) is 0 Å². The fraction of sp³-hybridized carbons (Fsp3) is 0.115. The van der Waals surface area contributed by atoms with Crippen molar-refractivity contribution in [2.75, 3.05) is 11.5 Å². The number of benzene rings is 3. The maximum Gasteiger partial charge on any atom is 0.335 e. The first-order valence-corrected chi connectivity index (χ1v) is 11.9. The van der Waals surface area contributed by atoms with Crippen LogP contribution in [0.4, 0.5) is 10.5 Å². The van der Waals surface area contributed by atoms with E-state index in [-0.39, 0.29) is 33.7 Å². The van der Waals surface area contributed by atoms with Gasteiger partial charge in [0.2, 0.25) is 0 Å². The molecule has 0 aliphatic carbocycles. The van der Waals surface area contributed by atoms with Gasteiger partial charge in [-0.15, -0.1) is 0 Å². The van der Waals surface area contributed by atoms with Crippen molar-refractivity contribution >= 4 is 64.4 Å². The van der Waals surface area contributed by atoms with E-state index in [1.807, 2.05) is 18.2 Å². The summed E-state index contributed by atoms with van der Waals surface area (Å²) in [6, 6.07) is 15.8. The second-order valence-corrected chi connectivity index (χ2v) is 8.77. The monoisotopic (exact) mass is 544 g/mol.